The van der Waals surface area contributed by atoms with Gasteiger partial charge in [0.05, 0.1) is 19.3 Å². The van der Waals surface area contributed by atoms with E-state index in [2.05, 4.69) is 20.4 Å². The zero-order chi connectivity index (χ0) is 14.3. The van der Waals surface area contributed by atoms with E-state index >= 15 is 0 Å². The molecule has 1 heterocycles. The van der Waals surface area contributed by atoms with Crippen molar-refractivity contribution >= 4 is 12.0 Å². The number of nitrogens with one attached hydrogen (secondary N) is 2. The summed E-state index contributed by atoms with van der Waals surface area (Å²) in [4.78, 5) is 26.0. The summed E-state index contributed by atoms with van der Waals surface area (Å²) in [6.45, 7) is 1.95. The van der Waals surface area contributed by atoms with Crippen LogP contribution in [0.3, 0.4) is 0 Å². The topological polar surface area (TPSA) is 114 Å². The first-order chi connectivity index (χ1) is 9.06. The maximum Gasteiger partial charge on any atom is 0.334 e. The van der Waals surface area contributed by atoms with Gasteiger partial charge < -0.3 is 24.9 Å². The van der Waals surface area contributed by atoms with Gasteiger partial charge in [0.25, 0.3) is 0 Å². The third-order valence-electron chi connectivity index (χ3n) is 2.36. The Bertz CT molecular complexity index is 432. The predicted octanol–water partition coefficient (Wildman–Crippen LogP) is 0.136. The van der Waals surface area contributed by atoms with Crippen LogP contribution >= 0.6 is 0 Å². The fourth-order valence-electron chi connectivity index (χ4n) is 1.27. The Morgan fingerprint density at radius 2 is 2.26 bits per heavy atom. The molecule has 1 atom stereocenters. The lowest BCUT2D eigenvalue weighted by Crippen LogP contribution is -2.42. The number of hydrogen-bond acceptors (Lipinski definition) is 5. The van der Waals surface area contributed by atoms with Gasteiger partial charge in [-0.25, -0.2) is 14.6 Å². The number of hydrogen-bond donors (Lipinski definition) is 3. The highest BCUT2D eigenvalue weighted by atomic mass is 16.5. The molecule has 0 aliphatic rings. The van der Waals surface area contributed by atoms with E-state index in [0.29, 0.717) is 5.89 Å². The van der Waals surface area contributed by atoms with Crippen LogP contribution in [-0.2, 0) is 22.5 Å². The summed E-state index contributed by atoms with van der Waals surface area (Å²) in [6.07, 6.45) is 1.26. The highest BCUT2D eigenvalue weighted by molar-refractivity contribution is 5.76. The lowest BCUT2D eigenvalue weighted by atomic mass is 10.3. The highest BCUT2D eigenvalue weighted by Gasteiger charge is 2.17. The third kappa shape index (κ3) is 4.96. The van der Waals surface area contributed by atoms with Crippen LogP contribution in [0.15, 0.2) is 10.6 Å². The van der Waals surface area contributed by atoms with Crippen molar-refractivity contribution in [3.8, 4) is 0 Å². The van der Waals surface area contributed by atoms with Crippen molar-refractivity contribution in [2.45, 2.75) is 26.0 Å². The molecule has 8 nitrogen and oxygen atoms in total. The number of methoxy groups -OCH3 is 1. The molecule has 1 unspecified atom stereocenters. The number of carbonyl (C=O) groups is 2. The number of oxazole rings is 1. The Hall–Kier alpha value is -2.09. The van der Waals surface area contributed by atoms with Gasteiger partial charge in [-0.3, -0.25) is 0 Å². The number of aliphatic carboxylic acids is 1. The normalized spacial score (nSPS) is 11.9. The fourth-order valence-corrected chi connectivity index (χ4v) is 1.27. The van der Waals surface area contributed by atoms with Crippen molar-refractivity contribution in [1.29, 1.82) is 0 Å². The molecule has 2 amide bonds. The zero-order valence-electron chi connectivity index (χ0n) is 10.8. The van der Waals surface area contributed by atoms with E-state index in [4.69, 9.17) is 9.52 Å². The lowest BCUT2D eigenvalue weighted by molar-refractivity contribution is -0.147. The number of amides is 2. The van der Waals surface area contributed by atoms with Crippen molar-refractivity contribution in [3.05, 3.63) is 17.8 Å². The molecule has 0 aliphatic carbocycles. The predicted molar refractivity (Wildman–Crippen MR) is 64.6 cm³/mol. The van der Waals surface area contributed by atoms with Gasteiger partial charge in [0.15, 0.2) is 6.10 Å². The molecule has 19 heavy (non-hydrogen) atoms. The number of nitrogens with zero attached hydrogens (tertiary/aromatic N) is 1. The van der Waals surface area contributed by atoms with E-state index in [1.165, 1.54) is 7.11 Å². The second kappa shape index (κ2) is 7.37. The van der Waals surface area contributed by atoms with Crippen molar-refractivity contribution in [2.75, 3.05) is 13.7 Å². The van der Waals surface area contributed by atoms with Gasteiger partial charge in [0, 0.05) is 13.5 Å². The van der Waals surface area contributed by atoms with E-state index < -0.39 is 18.1 Å². The number of ether oxygens (including phenoxy) is 1. The number of carbonyl (C=O) groups excluding carboxylic acids is 1. The van der Waals surface area contributed by atoms with Crippen LogP contribution in [0.5, 0.6) is 0 Å². The molecule has 8 heteroatoms. The molecule has 0 bridgehead atoms. The molecule has 0 spiro atoms. The zero-order valence-corrected chi connectivity index (χ0v) is 10.8. The summed E-state index contributed by atoms with van der Waals surface area (Å²) in [5, 5.41) is 13.6. The van der Waals surface area contributed by atoms with Crippen LogP contribution in [0, 0.1) is 0 Å². The third-order valence-corrected chi connectivity index (χ3v) is 2.36. The molecule has 1 rings (SSSR count). The maximum absolute atomic E-state index is 11.4. The SMILES string of the molecule is CCc1cnc(CNC(=O)NCC(OC)C(=O)O)o1. The molecule has 0 saturated heterocycles. The average molecular weight is 271 g/mol. The van der Waals surface area contributed by atoms with Gasteiger partial charge in [-0.2, -0.15) is 0 Å². The van der Waals surface area contributed by atoms with Gasteiger partial charge >= 0.3 is 12.0 Å². The van der Waals surface area contributed by atoms with E-state index in [1.807, 2.05) is 6.92 Å². The molecule has 0 aromatic carbocycles. The Kier molecular flexibility index (Phi) is 5.80. The van der Waals surface area contributed by atoms with Crippen molar-refractivity contribution in [2.24, 2.45) is 0 Å². The fraction of sp³-hybridized carbons (Fsp3) is 0.545. The van der Waals surface area contributed by atoms with Gasteiger partial charge in [0.1, 0.15) is 5.76 Å². The number of urea groups is 1. The number of aryl methyl sites for hydroxylation is 1. The highest BCUT2D eigenvalue weighted by Crippen LogP contribution is 2.03. The Morgan fingerprint density at radius 3 is 2.79 bits per heavy atom. The molecule has 1 aromatic heterocycles. The van der Waals surface area contributed by atoms with E-state index in [0.717, 1.165) is 12.2 Å². The van der Waals surface area contributed by atoms with Crippen LogP contribution in [0.1, 0.15) is 18.6 Å². The summed E-state index contributed by atoms with van der Waals surface area (Å²) in [5.74, 6) is -0.000790. The summed E-state index contributed by atoms with van der Waals surface area (Å²) in [6, 6.07) is -0.514. The monoisotopic (exact) mass is 271 g/mol. The quantitative estimate of drug-likeness (QED) is 0.649. The minimum Gasteiger partial charge on any atom is -0.479 e. The van der Waals surface area contributed by atoms with Crippen LogP contribution < -0.4 is 10.6 Å². The van der Waals surface area contributed by atoms with Crippen LogP contribution in [-0.4, -0.2) is 41.8 Å². The van der Waals surface area contributed by atoms with Crippen LogP contribution in [0.25, 0.3) is 0 Å². The lowest BCUT2D eigenvalue weighted by Gasteiger charge is -2.11. The summed E-state index contributed by atoms with van der Waals surface area (Å²) in [7, 11) is 1.26. The smallest absolute Gasteiger partial charge is 0.334 e. The van der Waals surface area contributed by atoms with Crippen LogP contribution in [0.2, 0.25) is 0 Å². The van der Waals surface area contributed by atoms with Gasteiger partial charge in [-0.15, -0.1) is 0 Å². The van der Waals surface area contributed by atoms with E-state index in [1.54, 1.807) is 6.20 Å². The molecule has 106 valence electrons. The van der Waals surface area contributed by atoms with Gasteiger partial charge in [-0.1, -0.05) is 6.92 Å². The van der Waals surface area contributed by atoms with E-state index in [9.17, 15) is 9.59 Å². The number of aromatic nitrogens is 1. The first-order valence-corrected chi connectivity index (χ1v) is 5.77. The molecule has 0 fully saturated rings. The summed E-state index contributed by atoms with van der Waals surface area (Å²) >= 11 is 0. The number of carboxylic acids is 1. The van der Waals surface area contributed by atoms with Gasteiger partial charge in [-0.05, 0) is 0 Å². The largest absolute Gasteiger partial charge is 0.479 e. The van der Waals surface area contributed by atoms with Gasteiger partial charge in [0.2, 0.25) is 5.89 Å². The molecule has 0 aliphatic heterocycles. The minimum atomic E-state index is -1.14. The second-order valence-electron chi connectivity index (χ2n) is 3.70. The molecule has 3 N–H and O–H groups in total. The second-order valence-corrected chi connectivity index (χ2v) is 3.70. The Balaban J connectivity index is 2.29. The molecule has 1 aromatic rings. The first kappa shape index (κ1) is 15.0. The molecule has 0 radical (unpaired) electrons. The summed E-state index contributed by atoms with van der Waals surface area (Å²) in [5.41, 5.74) is 0. The number of rotatable bonds is 7. The van der Waals surface area contributed by atoms with Crippen molar-refractivity contribution < 1.29 is 23.8 Å². The molecular formula is C11H17N3O5. The summed E-state index contributed by atoms with van der Waals surface area (Å²) < 4.78 is 9.97. The average Bonchev–Trinajstić information content (AvgIpc) is 2.84. The first-order valence-electron chi connectivity index (χ1n) is 5.77. The van der Waals surface area contributed by atoms with E-state index in [-0.39, 0.29) is 13.1 Å². The van der Waals surface area contributed by atoms with Crippen molar-refractivity contribution in [1.82, 2.24) is 15.6 Å². The molecule has 0 saturated carbocycles. The van der Waals surface area contributed by atoms with Crippen LogP contribution in [0.4, 0.5) is 4.79 Å². The Labute approximate surface area is 110 Å². The minimum absolute atomic E-state index is 0.122. The van der Waals surface area contributed by atoms with Crippen molar-refractivity contribution in [3.63, 3.8) is 0 Å². The maximum atomic E-state index is 11.4. The molecular weight excluding hydrogens is 254 g/mol. The standard InChI is InChI=1S/C11H17N3O5/c1-3-7-4-12-9(19-7)6-14-11(17)13-5-8(18-2)10(15)16/h4,8H,3,5-6H2,1-2H3,(H,15,16)(H2,13,14,17). The number of carboxylic acid groups (broad SMARTS) is 1. The Morgan fingerprint density at radius 1 is 1.53 bits per heavy atom.